The monoisotopic (exact) mass is 564 g/mol. The van der Waals surface area contributed by atoms with E-state index in [1.807, 2.05) is 20.2 Å². The molecule has 37 heavy (non-hydrogen) atoms. The van der Waals surface area contributed by atoms with Crippen molar-refractivity contribution in [2.45, 2.75) is 45.6 Å². The molecule has 0 radical (unpaired) electrons. The molecule has 0 spiro atoms. The van der Waals surface area contributed by atoms with E-state index in [-0.39, 0.29) is 24.8 Å². The molecule has 1 fully saturated rings. The molecule has 0 aliphatic carbocycles. The number of hydrogen-bond donors (Lipinski definition) is 1. The number of aromatic nitrogens is 1. The summed E-state index contributed by atoms with van der Waals surface area (Å²) in [5.74, 6) is 0.740. The zero-order valence-electron chi connectivity index (χ0n) is 21.9. The first kappa shape index (κ1) is 31.3. The van der Waals surface area contributed by atoms with Crippen molar-refractivity contribution in [3.8, 4) is 6.07 Å². The van der Waals surface area contributed by atoms with Crippen LogP contribution >= 0.6 is 36.2 Å². The molecule has 3 aromatic rings. The average Bonchev–Trinajstić information content (AvgIpc) is 3.52. The van der Waals surface area contributed by atoms with Crippen LogP contribution in [0.3, 0.4) is 0 Å². The third-order valence-corrected chi connectivity index (χ3v) is 7.90. The second-order valence-corrected chi connectivity index (χ2v) is 10.6. The van der Waals surface area contributed by atoms with Crippen LogP contribution in [0.15, 0.2) is 34.9 Å². The summed E-state index contributed by atoms with van der Waals surface area (Å²) in [7, 11) is 3.75. The van der Waals surface area contributed by atoms with Gasteiger partial charge in [-0.1, -0.05) is 17.3 Å². The molecular weight excluding hydrogens is 527 g/mol. The predicted octanol–water partition coefficient (Wildman–Crippen LogP) is 6.40. The Hall–Kier alpha value is -1.92. The van der Waals surface area contributed by atoms with Gasteiger partial charge in [0.2, 0.25) is 0 Å². The Bertz CT molecular complexity index is 1190. The molecule has 0 atom stereocenters. The summed E-state index contributed by atoms with van der Waals surface area (Å²) in [4.78, 5) is 4.62. The minimum Gasteiger partial charge on any atom is -0.377 e. The third kappa shape index (κ3) is 8.03. The highest BCUT2D eigenvalue weighted by molar-refractivity contribution is 7.12. The Morgan fingerprint density at radius 1 is 1.16 bits per heavy atom. The highest BCUT2D eigenvalue weighted by atomic mass is 35.5. The van der Waals surface area contributed by atoms with E-state index in [2.05, 4.69) is 52.6 Å². The van der Waals surface area contributed by atoms with Gasteiger partial charge in [-0.2, -0.15) is 5.26 Å². The Kier molecular flexibility index (Phi) is 13.1. The smallest absolute Gasteiger partial charge is 0.170 e. The van der Waals surface area contributed by atoms with Gasteiger partial charge >= 0.3 is 0 Å². The van der Waals surface area contributed by atoms with Crippen LogP contribution in [0, 0.1) is 24.2 Å². The Morgan fingerprint density at radius 2 is 1.92 bits per heavy atom. The number of nitrogens with one attached hydrogen (secondary N) is 1. The number of ether oxygens (including phenoxy) is 1. The number of hydrogen-bond acceptors (Lipinski definition) is 7. The lowest BCUT2D eigenvalue weighted by Gasteiger charge is -2.31. The molecule has 1 saturated heterocycles. The molecule has 2 aliphatic rings. The molecule has 5 rings (SSSR count). The number of aryl methyl sites for hydroxylation is 2. The first-order valence-electron chi connectivity index (χ1n) is 12.6. The number of rotatable bonds is 6. The number of fused-ring (bicyclic) bond motifs is 1. The lowest BCUT2D eigenvalue weighted by molar-refractivity contribution is 0.161. The molecule has 0 saturated carbocycles. The third-order valence-electron chi connectivity index (χ3n) is 6.92. The summed E-state index contributed by atoms with van der Waals surface area (Å²) in [6.45, 7) is 6.86. The van der Waals surface area contributed by atoms with Crippen LogP contribution in [-0.4, -0.2) is 50.5 Å². The number of nitriles is 1. The Balaban J connectivity index is 0.000000919. The van der Waals surface area contributed by atoms with Gasteiger partial charge in [0.1, 0.15) is 10.9 Å². The molecule has 2 aliphatic heterocycles. The van der Waals surface area contributed by atoms with E-state index in [0.717, 1.165) is 67.6 Å². The maximum atomic E-state index is 9.01. The predicted molar refractivity (Wildman–Crippen MR) is 157 cm³/mol. The number of thiophene rings is 1. The fourth-order valence-corrected chi connectivity index (χ4v) is 5.85. The fourth-order valence-electron chi connectivity index (χ4n) is 5.00. The lowest BCUT2D eigenvalue weighted by atomic mass is 9.90. The van der Waals surface area contributed by atoms with Crippen LogP contribution < -0.4 is 5.32 Å². The minimum atomic E-state index is 0. The molecule has 4 heterocycles. The van der Waals surface area contributed by atoms with Crippen LogP contribution in [0.2, 0.25) is 0 Å². The van der Waals surface area contributed by atoms with Gasteiger partial charge in [0.25, 0.3) is 0 Å². The van der Waals surface area contributed by atoms with Crippen molar-refractivity contribution < 1.29 is 9.26 Å². The van der Waals surface area contributed by atoms with E-state index in [1.54, 1.807) is 11.3 Å². The van der Waals surface area contributed by atoms with Crippen molar-refractivity contribution in [3.63, 3.8) is 0 Å². The van der Waals surface area contributed by atoms with E-state index >= 15 is 0 Å². The zero-order chi connectivity index (χ0) is 24.6. The lowest BCUT2D eigenvalue weighted by Crippen LogP contribution is -2.33. The maximum Gasteiger partial charge on any atom is 0.170 e. The summed E-state index contributed by atoms with van der Waals surface area (Å²) in [6.07, 6.45) is 7.73. The van der Waals surface area contributed by atoms with E-state index in [4.69, 9.17) is 14.5 Å². The summed E-state index contributed by atoms with van der Waals surface area (Å²) < 4.78 is 11.3. The van der Waals surface area contributed by atoms with Crippen molar-refractivity contribution in [2.75, 3.05) is 40.4 Å². The van der Waals surface area contributed by atoms with Gasteiger partial charge in [0.05, 0.1) is 18.9 Å². The van der Waals surface area contributed by atoms with Crippen LogP contribution in [0.1, 0.15) is 52.3 Å². The molecule has 6 nitrogen and oxygen atoms in total. The number of halogens is 2. The summed E-state index contributed by atoms with van der Waals surface area (Å²) >= 11 is 1.62. The standard InChI is InChI=1S/C26H29N3O2S.C2H7N.2ClH/c1-18-23(20-10-14-30-15-11-20)5-6-24-25(28-31-26(18)24)7-2-19-8-12-29(13-9-19)17-22-4-3-21(16-27)32-22;1-3-2;;/h3-6,10,19H,2,7-9,11-15,17H2,1H3;3H,1-2H3;2*1H. The topological polar surface area (TPSA) is 74.3 Å². The summed E-state index contributed by atoms with van der Waals surface area (Å²) in [5.41, 5.74) is 5.85. The van der Waals surface area contributed by atoms with Crippen LogP contribution in [0.4, 0.5) is 0 Å². The van der Waals surface area contributed by atoms with Crippen molar-refractivity contribution >= 4 is 52.7 Å². The Morgan fingerprint density at radius 3 is 2.57 bits per heavy atom. The normalized spacial score (nSPS) is 16.1. The van der Waals surface area contributed by atoms with E-state index in [1.165, 1.54) is 39.8 Å². The fraction of sp³-hybridized carbons (Fsp3) is 0.500. The molecule has 0 amide bonds. The van der Waals surface area contributed by atoms with Crippen molar-refractivity contribution in [2.24, 2.45) is 5.92 Å². The molecule has 9 heteroatoms. The van der Waals surface area contributed by atoms with Gasteiger partial charge in [-0.05, 0) is 101 Å². The second-order valence-electron chi connectivity index (χ2n) is 9.43. The first-order chi connectivity index (χ1) is 17.1. The van der Waals surface area contributed by atoms with Gasteiger partial charge in [0.15, 0.2) is 5.58 Å². The molecule has 2 aromatic heterocycles. The average molecular weight is 566 g/mol. The first-order valence-corrected chi connectivity index (χ1v) is 13.4. The number of likely N-dealkylation sites (tertiary alicyclic amines) is 1. The van der Waals surface area contributed by atoms with Crippen molar-refractivity contribution in [1.29, 1.82) is 5.26 Å². The van der Waals surface area contributed by atoms with Gasteiger partial charge in [-0.3, -0.25) is 4.90 Å². The largest absolute Gasteiger partial charge is 0.377 e. The van der Waals surface area contributed by atoms with Crippen molar-refractivity contribution in [3.05, 3.63) is 56.9 Å². The van der Waals surface area contributed by atoms with Crippen molar-refractivity contribution in [1.82, 2.24) is 15.4 Å². The van der Waals surface area contributed by atoms with E-state index in [0.29, 0.717) is 6.61 Å². The van der Waals surface area contributed by atoms with Gasteiger partial charge in [-0.15, -0.1) is 36.2 Å². The molecule has 1 aromatic carbocycles. The highest BCUT2D eigenvalue weighted by Crippen LogP contribution is 2.32. The SMILES string of the molecule is CNC.Cc1c(C2=CCOCC2)ccc2c(CCC3CCN(Cc4ccc(C#N)s4)CC3)noc12.Cl.Cl. The second kappa shape index (κ2) is 15.5. The molecule has 202 valence electrons. The summed E-state index contributed by atoms with van der Waals surface area (Å²) in [5, 5.41) is 17.4. The Labute approximate surface area is 236 Å². The number of nitrogens with zero attached hydrogens (tertiary/aromatic N) is 3. The highest BCUT2D eigenvalue weighted by Gasteiger charge is 2.21. The number of benzene rings is 1. The van der Waals surface area contributed by atoms with E-state index < -0.39 is 0 Å². The van der Waals surface area contributed by atoms with Crippen LogP contribution in [-0.2, 0) is 17.7 Å². The van der Waals surface area contributed by atoms with E-state index in [9.17, 15) is 0 Å². The van der Waals surface area contributed by atoms with Gasteiger partial charge in [-0.25, -0.2) is 0 Å². The van der Waals surface area contributed by atoms with Crippen LogP contribution in [0.5, 0.6) is 0 Å². The molecule has 1 N–H and O–H groups in total. The molecule has 0 bridgehead atoms. The maximum absolute atomic E-state index is 9.01. The molecular formula is C28H38Cl2N4O2S. The van der Waals surface area contributed by atoms with Crippen LogP contribution in [0.25, 0.3) is 16.5 Å². The molecule has 0 unspecified atom stereocenters. The summed E-state index contributed by atoms with van der Waals surface area (Å²) in [6, 6.07) is 10.7. The van der Waals surface area contributed by atoms with Gasteiger partial charge < -0.3 is 14.6 Å². The zero-order valence-corrected chi connectivity index (χ0v) is 24.4. The van der Waals surface area contributed by atoms with Gasteiger partial charge in [0, 0.05) is 22.4 Å². The quantitative estimate of drug-likeness (QED) is 0.373. The number of piperidine rings is 1. The minimum absolute atomic E-state index is 0.